The number of hydrogen-bond donors (Lipinski definition) is 1. The van der Waals surface area contributed by atoms with Gasteiger partial charge in [0.15, 0.2) is 0 Å². The van der Waals surface area contributed by atoms with E-state index in [2.05, 4.69) is 5.32 Å². The summed E-state index contributed by atoms with van der Waals surface area (Å²) >= 11 is 5.84. The fraction of sp³-hybridized carbons (Fsp3) is 0.350. The SMILES string of the molecule is Cc1ccc(CNC(=O)[C@@H]2CCCN(S(=O)(=O)c3ccc(Cl)cc3)C2)cc1. The third-order valence-corrected chi connectivity index (χ3v) is 6.93. The highest BCUT2D eigenvalue weighted by molar-refractivity contribution is 7.89. The number of aryl methyl sites for hydroxylation is 1. The lowest BCUT2D eigenvalue weighted by molar-refractivity contribution is -0.126. The van der Waals surface area contributed by atoms with Crippen LogP contribution in [0.4, 0.5) is 0 Å². The molecule has 0 spiro atoms. The highest BCUT2D eigenvalue weighted by atomic mass is 35.5. The molecule has 0 aliphatic carbocycles. The van der Waals surface area contributed by atoms with Crippen molar-refractivity contribution in [2.24, 2.45) is 5.92 Å². The number of carbonyl (C=O) groups is 1. The number of sulfonamides is 1. The molecule has 0 aromatic heterocycles. The third kappa shape index (κ3) is 4.89. The molecule has 1 aliphatic heterocycles. The van der Waals surface area contributed by atoms with Crippen LogP contribution in [0.25, 0.3) is 0 Å². The van der Waals surface area contributed by atoms with Gasteiger partial charge in [0.05, 0.1) is 10.8 Å². The molecular formula is C20H23ClN2O3S. The first-order valence-corrected chi connectivity index (χ1v) is 10.8. The first-order chi connectivity index (χ1) is 12.9. The van der Waals surface area contributed by atoms with Gasteiger partial charge in [-0.3, -0.25) is 4.79 Å². The van der Waals surface area contributed by atoms with Crippen molar-refractivity contribution in [3.05, 3.63) is 64.7 Å². The lowest BCUT2D eigenvalue weighted by Crippen LogP contribution is -2.45. The largest absolute Gasteiger partial charge is 0.352 e. The number of hydrogen-bond acceptors (Lipinski definition) is 3. The van der Waals surface area contributed by atoms with Crippen LogP contribution in [0.15, 0.2) is 53.4 Å². The van der Waals surface area contributed by atoms with Gasteiger partial charge in [-0.15, -0.1) is 0 Å². The van der Waals surface area contributed by atoms with E-state index in [1.54, 1.807) is 12.1 Å². The number of benzene rings is 2. The summed E-state index contributed by atoms with van der Waals surface area (Å²) in [7, 11) is -3.62. The molecular weight excluding hydrogens is 384 g/mol. The quantitative estimate of drug-likeness (QED) is 0.827. The Kier molecular flexibility index (Phi) is 6.19. The van der Waals surface area contributed by atoms with E-state index in [4.69, 9.17) is 11.6 Å². The van der Waals surface area contributed by atoms with E-state index >= 15 is 0 Å². The lowest BCUT2D eigenvalue weighted by Gasteiger charge is -2.31. The van der Waals surface area contributed by atoms with E-state index in [1.165, 1.54) is 22.0 Å². The van der Waals surface area contributed by atoms with Crippen LogP contribution in [-0.2, 0) is 21.4 Å². The highest BCUT2D eigenvalue weighted by Crippen LogP contribution is 2.25. The summed E-state index contributed by atoms with van der Waals surface area (Å²) in [5, 5.41) is 3.42. The average Bonchev–Trinajstić information content (AvgIpc) is 2.68. The van der Waals surface area contributed by atoms with Crippen molar-refractivity contribution in [1.82, 2.24) is 9.62 Å². The molecule has 27 heavy (non-hydrogen) atoms. The fourth-order valence-corrected chi connectivity index (χ4v) is 4.82. The van der Waals surface area contributed by atoms with Gasteiger partial charge >= 0.3 is 0 Å². The smallest absolute Gasteiger partial charge is 0.243 e. The normalized spacial score (nSPS) is 18.2. The molecule has 1 saturated heterocycles. The van der Waals surface area contributed by atoms with E-state index in [0.717, 1.165) is 5.56 Å². The minimum atomic E-state index is -3.62. The standard InChI is InChI=1S/C20H23ClN2O3S/c1-15-4-6-16(7-5-15)13-22-20(24)17-3-2-12-23(14-17)27(25,26)19-10-8-18(21)9-11-19/h4-11,17H,2-3,12-14H2,1H3,(H,22,24)/t17-/m1/s1. The van der Waals surface area contributed by atoms with Gasteiger partial charge < -0.3 is 5.32 Å². The molecule has 1 fully saturated rings. The molecule has 3 rings (SSSR count). The topological polar surface area (TPSA) is 66.5 Å². The predicted molar refractivity (Wildman–Crippen MR) is 106 cm³/mol. The molecule has 0 bridgehead atoms. The Morgan fingerprint density at radius 3 is 2.48 bits per heavy atom. The van der Waals surface area contributed by atoms with E-state index in [9.17, 15) is 13.2 Å². The van der Waals surface area contributed by atoms with Crippen molar-refractivity contribution < 1.29 is 13.2 Å². The van der Waals surface area contributed by atoms with Crippen LogP contribution < -0.4 is 5.32 Å². The van der Waals surface area contributed by atoms with E-state index in [0.29, 0.717) is 31.0 Å². The number of amides is 1. The molecule has 1 atom stereocenters. The molecule has 0 unspecified atom stereocenters. The maximum absolute atomic E-state index is 12.8. The summed E-state index contributed by atoms with van der Waals surface area (Å²) < 4.78 is 27.1. The zero-order valence-electron chi connectivity index (χ0n) is 15.2. The second-order valence-electron chi connectivity index (χ2n) is 6.86. The summed E-state index contributed by atoms with van der Waals surface area (Å²) in [5.41, 5.74) is 2.19. The van der Waals surface area contributed by atoms with Gasteiger partial charge in [0.25, 0.3) is 0 Å². The van der Waals surface area contributed by atoms with E-state index in [1.807, 2.05) is 31.2 Å². The second-order valence-corrected chi connectivity index (χ2v) is 9.23. The number of rotatable bonds is 5. The van der Waals surface area contributed by atoms with Crippen molar-refractivity contribution in [3.8, 4) is 0 Å². The second kappa shape index (κ2) is 8.42. The summed E-state index contributed by atoms with van der Waals surface area (Å²) in [6, 6.07) is 14.1. The Bertz CT molecular complexity index is 896. The van der Waals surface area contributed by atoms with E-state index in [-0.39, 0.29) is 23.3 Å². The summed E-state index contributed by atoms with van der Waals surface area (Å²) in [6.45, 7) is 3.08. The summed E-state index contributed by atoms with van der Waals surface area (Å²) in [6.07, 6.45) is 1.35. The minimum absolute atomic E-state index is 0.105. The number of nitrogens with one attached hydrogen (secondary N) is 1. The molecule has 0 saturated carbocycles. The molecule has 1 aliphatic rings. The van der Waals surface area contributed by atoms with Crippen molar-refractivity contribution in [2.75, 3.05) is 13.1 Å². The van der Waals surface area contributed by atoms with Gasteiger partial charge in [-0.2, -0.15) is 4.31 Å². The zero-order chi connectivity index (χ0) is 19.4. The zero-order valence-corrected chi connectivity index (χ0v) is 16.8. The first-order valence-electron chi connectivity index (χ1n) is 8.95. The van der Waals surface area contributed by atoms with Crippen LogP contribution in [0.2, 0.25) is 5.02 Å². The molecule has 1 N–H and O–H groups in total. The van der Waals surface area contributed by atoms with Crippen LogP contribution in [0.1, 0.15) is 24.0 Å². The van der Waals surface area contributed by atoms with Crippen molar-refractivity contribution in [2.45, 2.75) is 31.2 Å². The molecule has 1 amide bonds. The number of halogens is 1. The Labute approximate surface area is 165 Å². The van der Waals surface area contributed by atoms with E-state index < -0.39 is 10.0 Å². The summed E-state index contributed by atoms with van der Waals surface area (Å²) in [5.74, 6) is -0.446. The van der Waals surface area contributed by atoms with Gasteiger partial charge in [0.1, 0.15) is 0 Å². The van der Waals surface area contributed by atoms with Gasteiger partial charge in [0.2, 0.25) is 15.9 Å². The average molecular weight is 407 g/mol. The van der Waals surface area contributed by atoms with Crippen LogP contribution in [-0.4, -0.2) is 31.7 Å². The highest BCUT2D eigenvalue weighted by Gasteiger charge is 2.33. The van der Waals surface area contributed by atoms with Crippen molar-refractivity contribution >= 4 is 27.5 Å². The van der Waals surface area contributed by atoms with Crippen molar-refractivity contribution in [1.29, 1.82) is 0 Å². The minimum Gasteiger partial charge on any atom is -0.352 e. The Morgan fingerprint density at radius 2 is 1.81 bits per heavy atom. The number of nitrogens with zero attached hydrogens (tertiary/aromatic N) is 1. The molecule has 0 radical (unpaired) electrons. The van der Waals surface area contributed by atoms with Crippen LogP contribution in [0.3, 0.4) is 0 Å². The Balaban J connectivity index is 1.63. The molecule has 5 nitrogen and oxygen atoms in total. The Morgan fingerprint density at radius 1 is 1.15 bits per heavy atom. The van der Waals surface area contributed by atoms with Gasteiger partial charge in [-0.25, -0.2) is 8.42 Å². The number of piperidine rings is 1. The predicted octanol–water partition coefficient (Wildman–Crippen LogP) is 3.37. The third-order valence-electron chi connectivity index (χ3n) is 4.79. The Hall–Kier alpha value is -1.89. The van der Waals surface area contributed by atoms with Crippen LogP contribution in [0.5, 0.6) is 0 Å². The van der Waals surface area contributed by atoms with Gasteiger partial charge in [-0.05, 0) is 49.6 Å². The van der Waals surface area contributed by atoms with Gasteiger partial charge in [0, 0.05) is 24.7 Å². The molecule has 1 heterocycles. The molecule has 2 aromatic rings. The fourth-order valence-electron chi connectivity index (χ4n) is 3.17. The molecule has 144 valence electrons. The summed E-state index contributed by atoms with van der Waals surface area (Å²) in [4.78, 5) is 12.7. The molecule has 2 aromatic carbocycles. The van der Waals surface area contributed by atoms with Gasteiger partial charge in [-0.1, -0.05) is 41.4 Å². The monoisotopic (exact) mass is 406 g/mol. The number of carbonyl (C=O) groups excluding carboxylic acids is 1. The van der Waals surface area contributed by atoms with Crippen LogP contribution in [0, 0.1) is 12.8 Å². The van der Waals surface area contributed by atoms with Crippen LogP contribution >= 0.6 is 11.6 Å². The maximum atomic E-state index is 12.8. The first kappa shape index (κ1) is 19.9. The van der Waals surface area contributed by atoms with Crippen molar-refractivity contribution in [3.63, 3.8) is 0 Å². The molecule has 7 heteroatoms. The maximum Gasteiger partial charge on any atom is 0.243 e. The lowest BCUT2D eigenvalue weighted by atomic mass is 9.98.